The van der Waals surface area contributed by atoms with Crippen LogP contribution in [-0.4, -0.2) is 39.9 Å². The van der Waals surface area contributed by atoms with Gasteiger partial charge in [-0.05, 0) is 35.4 Å². The van der Waals surface area contributed by atoms with Crippen molar-refractivity contribution in [1.29, 1.82) is 0 Å². The summed E-state index contributed by atoms with van der Waals surface area (Å²) < 4.78 is 99.3. The molecule has 0 saturated carbocycles. The van der Waals surface area contributed by atoms with E-state index in [1.807, 2.05) is 0 Å². The Labute approximate surface area is 221 Å². The molecule has 2 aliphatic rings. The first-order valence-electron chi connectivity index (χ1n) is 11.4. The summed E-state index contributed by atoms with van der Waals surface area (Å²) in [4.78, 5) is 18.5. The predicted octanol–water partition coefficient (Wildman–Crippen LogP) is 5.60. The second-order valence-electron chi connectivity index (χ2n) is 9.18. The van der Waals surface area contributed by atoms with E-state index in [0.29, 0.717) is 12.1 Å². The van der Waals surface area contributed by atoms with Crippen molar-refractivity contribution in [2.75, 3.05) is 13.1 Å². The minimum absolute atomic E-state index is 0.0408. The highest BCUT2D eigenvalue weighted by atomic mass is 35.5. The predicted molar refractivity (Wildman–Crippen MR) is 124 cm³/mol. The number of carbonyl (C=O) groups excluding carboxylic acids is 1. The molecule has 39 heavy (non-hydrogen) atoms. The van der Waals surface area contributed by atoms with Gasteiger partial charge in [0, 0.05) is 18.0 Å². The molecule has 1 fully saturated rings. The molecule has 0 aliphatic carbocycles. The molecule has 3 aromatic rings. The van der Waals surface area contributed by atoms with Gasteiger partial charge in [0.15, 0.2) is 5.67 Å². The zero-order valence-electron chi connectivity index (χ0n) is 19.7. The van der Waals surface area contributed by atoms with Crippen molar-refractivity contribution in [2.45, 2.75) is 30.2 Å². The summed E-state index contributed by atoms with van der Waals surface area (Å²) in [5, 5.41) is 3.17. The van der Waals surface area contributed by atoms with E-state index in [4.69, 9.17) is 16.4 Å². The highest BCUT2D eigenvalue weighted by Gasteiger charge is 2.60. The SMILES string of the molecule is O=C(Cn1cccn1)N1CC(F)(c2ccc(C3=CC(c4ccc(Cl)c(C(F)(F)F)c4)(C(F)(F)F)ON3)cc2)C1. The molecule has 1 atom stereocenters. The maximum Gasteiger partial charge on any atom is 0.428 e. The molecule has 2 aromatic carbocycles. The number of alkyl halides is 7. The molecule has 1 unspecified atom stereocenters. The molecule has 5 rings (SSSR count). The fourth-order valence-corrected chi connectivity index (χ4v) is 4.68. The van der Waals surface area contributed by atoms with E-state index < -0.39 is 39.8 Å². The molecule has 1 amide bonds. The van der Waals surface area contributed by atoms with Crippen molar-refractivity contribution >= 4 is 23.2 Å². The molecular weight excluding hydrogens is 557 g/mol. The number of benzene rings is 2. The van der Waals surface area contributed by atoms with Crippen LogP contribution < -0.4 is 5.48 Å². The van der Waals surface area contributed by atoms with E-state index in [0.717, 1.165) is 12.1 Å². The smallest absolute Gasteiger partial charge is 0.334 e. The van der Waals surface area contributed by atoms with Crippen LogP contribution >= 0.6 is 11.6 Å². The molecule has 1 N–H and O–H groups in total. The van der Waals surface area contributed by atoms with E-state index in [1.165, 1.54) is 40.0 Å². The van der Waals surface area contributed by atoms with E-state index >= 15 is 4.39 Å². The summed E-state index contributed by atoms with van der Waals surface area (Å²) in [6.45, 7) is -0.446. The average Bonchev–Trinajstić information content (AvgIpc) is 3.52. The molecule has 0 radical (unpaired) electrons. The van der Waals surface area contributed by atoms with Gasteiger partial charge in [-0.1, -0.05) is 41.9 Å². The fraction of sp³-hybridized carbons (Fsp3) is 0.280. The Hall–Kier alpha value is -3.58. The number of amides is 1. The maximum absolute atomic E-state index is 15.4. The molecule has 1 saturated heterocycles. The lowest BCUT2D eigenvalue weighted by Gasteiger charge is -2.44. The molecule has 6 nitrogen and oxygen atoms in total. The minimum atomic E-state index is -5.15. The van der Waals surface area contributed by atoms with E-state index in [-0.39, 0.29) is 42.4 Å². The van der Waals surface area contributed by atoms with Gasteiger partial charge in [0.05, 0.1) is 29.4 Å². The number of hydrogen-bond acceptors (Lipinski definition) is 4. The number of rotatable bonds is 5. The summed E-state index contributed by atoms with van der Waals surface area (Å²) in [6, 6.07) is 8.90. The zero-order valence-corrected chi connectivity index (χ0v) is 20.4. The summed E-state index contributed by atoms with van der Waals surface area (Å²) in [6.07, 6.45) is -6.41. The molecule has 14 heteroatoms. The molecular formula is C25H18ClF7N4O2. The lowest BCUT2D eigenvalue weighted by Crippen LogP contribution is -2.59. The Morgan fingerprint density at radius 2 is 1.72 bits per heavy atom. The Morgan fingerprint density at radius 1 is 1.05 bits per heavy atom. The lowest BCUT2D eigenvalue weighted by atomic mass is 9.86. The van der Waals surface area contributed by atoms with Gasteiger partial charge in [0.25, 0.3) is 0 Å². The summed E-state index contributed by atoms with van der Waals surface area (Å²) in [7, 11) is 0. The monoisotopic (exact) mass is 574 g/mol. The largest absolute Gasteiger partial charge is 0.428 e. The number of likely N-dealkylation sites (tertiary alicyclic amines) is 1. The van der Waals surface area contributed by atoms with Crippen molar-refractivity contribution in [1.82, 2.24) is 20.2 Å². The fourth-order valence-electron chi connectivity index (χ4n) is 4.46. The number of carbonyl (C=O) groups is 1. The standard InChI is InChI=1S/C25H18ClF7N4O2/c26-19-7-6-17(10-18(19)24(28,29)30)23(25(31,32)33)11-20(35-39-23)15-2-4-16(5-3-15)22(27)13-36(14-22)21(38)12-37-9-1-8-34-37/h1-11,35H,12-14H2. The molecule has 2 aliphatic heterocycles. The van der Waals surface area contributed by atoms with Gasteiger partial charge in [-0.15, -0.1) is 0 Å². The van der Waals surface area contributed by atoms with Gasteiger partial charge >= 0.3 is 12.4 Å². The van der Waals surface area contributed by atoms with Crippen LogP contribution in [0.25, 0.3) is 5.70 Å². The second kappa shape index (κ2) is 9.26. The van der Waals surface area contributed by atoms with E-state index in [1.54, 1.807) is 12.3 Å². The molecule has 206 valence electrons. The van der Waals surface area contributed by atoms with Gasteiger partial charge in [-0.25, -0.2) is 4.39 Å². The van der Waals surface area contributed by atoms with Crippen molar-refractivity contribution < 1.29 is 40.4 Å². The molecule has 0 bridgehead atoms. The van der Waals surface area contributed by atoms with Gasteiger partial charge in [-0.2, -0.15) is 31.4 Å². The number of halogens is 8. The van der Waals surface area contributed by atoms with Crippen LogP contribution in [0.2, 0.25) is 5.02 Å². The van der Waals surface area contributed by atoms with Crippen LogP contribution in [0.5, 0.6) is 0 Å². The molecule has 0 spiro atoms. The third kappa shape index (κ3) is 4.84. The zero-order chi connectivity index (χ0) is 28.2. The highest BCUT2D eigenvalue weighted by molar-refractivity contribution is 6.31. The Kier molecular flexibility index (Phi) is 6.41. The first kappa shape index (κ1) is 27.0. The maximum atomic E-state index is 15.4. The quantitative estimate of drug-likeness (QED) is 0.403. The van der Waals surface area contributed by atoms with Gasteiger partial charge in [0.1, 0.15) is 6.54 Å². The van der Waals surface area contributed by atoms with Gasteiger partial charge in [-0.3, -0.25) is 19.8 Å². The number of hydroxylamine groups is 1. The first-order chi connectivity index (χ1) is 18.2. The first-order valence-corrected chi connectivity index (χ1v) is 11.8. The Balaban J connectivity index is 1.36. The summed E-state index contributed by atoms with van der Waals surface area (Å²) >= 11 is 5.57. The van der Waals surface area contributed by atoms with Crippen LogP contribution in [-0.2, 0) is 33.6 Å². The Bertz CT molecular complexity index is 1420. The molecule has 1 aromatic heterocycles. The van der Waals surface area contributed by atoms with E-state index in [2.05, 4.69) is 10.6 Å². The lowest BCUT2D eigenvalue weighted by molar-refractivity contribution is -0.269. The minimum Gasteiger partial charge on any atom is -0.334 e. The van der Waals surface area contributed by atoms with Crippen LogP contribution in [0.15, 0.2) is 67.0 Å². The van der Waals surface area contributed by atoms with Crippen molar-refractivity contribution in [2.24, 2.45) is 0 Å². The Morgan fingerprint density at radius 3 is 2.31 bits per heavy atom. The average molecular weight is 575 g/mol. The normalized spacial score (nSPS) is 20.8. The number of nitrogens with one attached hydrogen (secondary N) is 1. The number of hydrogen-bond donors (Lipinski definition) is 1. The third-order valence-corrected chi connectivity index (χ3v) is 6.93. The van der Waals surface area contributed by atoms with E-state index in [9.17, 15) is 31.1 Å². The van der Waals surface area contributed by atoms with Crippen molar-refractivity contribution in [3.63, 3.8) is 0 Å². The number of aromatic nitrogens is 2. The highest BCUT2D eigenvalue weighted by Crippen LogP contribution is 2.49. The van der Waals surface area contributed by atoms with Crippen LogP contribution in [0.3, 0.4) is 0 Å². The summed E-state index contributed by atoms with van der Waals surface area (Å²) in [5.74, 6) is -0.319. The van der Waals surface area contributed by atoms with Crippen LogP contribution in [0.1, 0.15) is 22.3 Å². The second-order valence-corrected chi connectivity index (χ2v) is 9.59. The van der Waals surface area contributed by atoms with Crippen molar-refractivity contribution in [3.8, 4) is 0 Å². The van der Waals surface area contributed by atoms with Crippen LogP contribution in [0, 0.1) is 0 Å². The van der Waals surface area contributed by atoms with Crippen molar-refractivity contribution in [3.05, 3.63) is 94.3 Å². The third-order valence-electron chi connectivity index (χ3n) is 6.60. The van der Waals surface area contributed by atoms with Gasteiger partial charge < -0.3 is 4.90 Å². The van der Waals surface area contributed by atoms with Crippen LogP contribution in [0.4, 0.5) is 30.7 Å². The summed E-state index contributed by atoms with van der Waals surface area (Å²) in [5.41, 5.74) is -5.01. The molecule has 3 heterocycles. The number of nitrogens with zero attached hydrogens (tertiary/aromatic N) is 3. The topological polar surface area (TPSA) is 59.4 Å². The van der Waals surface area contributed by atoms with Gasteiger partial charge in [0.2, 0.25) is 11.5 Å².